The Kier molecular flexibility index (Phi) is 4.51. The number of halogens is 1. The van der Waals surface area contributed by atoms with Gasteiger partial charge in [-0.3, -0.25) is 9.69 Å². The van der Waals surface area contributed by atoms with Gasteiger partial charge < -0.3 is 5.32 Å². The highest BCUT2D eigenvalue weighted by atomic mass is 35.5. The number of nitrogens with one attached hydrogen (secondary N) is 1. The lowest BCUT2D eigenvalue weighted by atomic mass is 10.1. The van der Waals surface area contributed by atoms with Gasteiger partial charge in [0, 0.05) is 35.8 Å². The summed E-state index contributed by atoms with van der Waals surface area (Å²) in [7, 11) is 0. The summed E-state index contributed by atoms with van der Waals surface area (Å²) in [6.45, 7) is 3.19. The average molecular weight is 307 g/mol. The molecular formula is C17H23ClN2O. The molecule has 3 rings (SSSR count). The molecule has 0 bridgehead atoms. The second-order valence-electron chi connectivity index (χ2n) is 6.36. The third-order valence-corrected chi connectivity index (χ3v) is 4.78. The molecule has 0 aromatic heterocycles. The molecule has 0 radical (unpaired) electrons. The minimum Gasteiger partial charge on any atom is -0.326 e. The van der Waals surface area contributed by atoms with E-state index < -0.39 is 0 Å². The molecule has 2 aliphatic rings. The minimum atomic E-state index is 0.0749. The third-order valence-electron chi connectivity index (χ3n) is 4.55. The number of anilines is 1. The van der Waals surface area contributed by atoms with E-state index in [1.54, 1.807) is 6.07 Å². The largest absolute Gasteiger partial charge is 0.326 e. The molecule has 0 heterocycles. The number of nitrogens with zero attached hydrogens (tertiary/aromatic N) is 1. The Hall–Kier alpha value is -1.06. The van der Waals surface area contributed by atoms with E-state index >= 15 is 0 Å². The smallest absolute Gasteiger partial charge is 0.225 e. The van der Waals surface area contributed by atoms with Gasteiger partial charge in [-0.15, -0.1) is 0 Å². The van der Waals surface area contributed by atoms with Crippen molar-refractivity contribution in [3.8, 4) is 0 Å². The summed E-state index contributed by atoms with van der Waals surface area (Å²) in [6, 6.07) is 8.67. The summed E-state index contributed by atoms with van der Waals surface area (Å²) in [5, 5.41) is 3.58. The second-order valence-corrected chi connectivity index (χ2v) is 6.79. The van der Waals surface area contributed by atoms with Gasteiger partial charge in [-0.1, -0.05) is 17.7 Å². The summed E-state index contributed by atoms with van der Waals surface area (Å²) in [4.78, 5) is 14.6. The van der Waals surface area contributed by atoms with E-state index in [1.807, 2.05) is 18.2 Å². The standard InChI is InChI=1S/C17H23ClN2O/c1-12(13-5-6-13)20(16-7-8-16)10-9-17(21)19-15-4-2-3-14(18)11-15/h2-4,11-13,16H,5-10H2,1H3,(H,19,21). The maximum Gasteiger partial charge on any atom is 0.225 e. The molecule has 0 aliphatic heterocycles. The Morgan fingerprint density at radius 3 is 2.76 bits per heavy atom. The van der Waals surface area contributed by atoms with Crippen molar-refractivity contribution in [3.63, 3.8) is 0 Å². The third kappa shape index (κ3) is 4.21. The number of carbonyl (C=O) groups excluding carboxylic acids is 1. The van der Waals surface area contributed by atoms with Crippen LogP contribution in [-0.2, 0) is 4.79 Å². The monoisotopic (exact) mass is 306 g/mol. The van der Waals surface area contributed by atoms with Crippen molar-refractivity contribution in [1.29, 1.82) is 0 Å². The molecule has 1 amide bonds. The minimum absolute atomic E-state index is 0.0749. The van der Waals surface area contributed by atoms with Crippen LogP contribution in [-0.4, -0.2) is 29.4 Å². The summed E-state index contributed by atoms with van der Waals surface area (Å²) >= 11 is 5.93. The number of hydrogen-bond donors (Lipinski definition) is 1. The molecule has 1 aromatic carbocycles. The van der Waals surface area contributed by atoms with Gasteiger partial charge in [0.2, 0.25) is 5.91 Å². The molecular weight excluding hydrogens is 284 g/mol. The average Bonchev–Trinajstić information content (AvgIpc) is 3.30. The second kappa shape index (κ2) is 6.37. The fourth-order valence-corrected chi connectivity index (χ4v) is 3.18. The maximum atomic E-state index is 12.1. The SMILES string of the molecule is CC(C1CC1)N(CCC(=O)Nc1cccc(Cl)c1)C1CC1. The van der Waals surface area contributed by atoms with Crippen LogP contribution in [0.3, 0.4) is 0 Å². The molecule has 0 saturated heterocycles. The first-order valence-corrected chi connectivity index (χ1v) is 8.32. The Balaban J connectivity index is 1.49. The zero-order valence-corrected chi connectivity index (χ0v) is 13.3. The molecule has 4 heteroatoms. The molecule has 1 N–H and O–H groups in total. The van der Waals surface area contributed by atoms with E-state index in [1.165, 1.54) is 25.7 Å². The molecule has 1 atom stereocenters. The fraction of sp³-hybridized carbons (Fsp3) is 0.588. The molecule has 21 heavy (non-hydrogen) atoms. The van der Waals surface area contributed by atoms with Gasteiger partial charge in [0.1, 0.15) is 0 Å². The number of amides is 1. The number of rotatable bonds is 7. The highest BCUT2D eigenvalue weighted by Gasteiger charge is 2.38. The van der Waals surface area contributed by atoms with Crippen molar-refractivity contribution in [2.75, 3.05) is 11.9 Å². The van der Waals surface area contributed by atoms with Crippen LogP contribution in [0.2, 0.25) is 5.02 Å². The predicted octanol–water partition coefficient (Wildman–Crippen LogP) is 3.93. The quantitative estimate of drug-likeness (QED) is 0.828. The van der Waals surface area contributed by atoms with E-state index in [9.17, 15) is 4.79 Å². The molecule has 0 spiro atoms. The maximum absolute atomic E-state index is 12.1. The summed E-state index contributed by atoms with van der Waals surface area (Å²) in [6.07, 6.45) is 5.87. The van der Waals surface area contributed by atoms with E-state index in [-0.39, 0.29) is 5.91 Å². The van der Waals surface area contributed by atoms with Crippen molar-refractivity contribution in [3.05, 3.63) is 29.3 Å². The first-order chi connectivity index (χ1) is 10.1. The normalized spacial score (nSPS) is 19.6. The van der Waals surface area contributed by atoms with Gasteiger partial charge in [-0.05, 0) is 56.7 Å². The van der Waals surface area contributed by atoms with Crippen LogP contribution in [0, 0.1) is 5.92 Å². The van der Waals surface area contributed by atoms with Crippen LogP contribution in [0.1, 0.15) is 39.0 Å². The van der Waals surface area contributed by atoms with Gasteiger partial charge in [-0.25, -0.2) is 0 Å². The van der Waals surface area contributed by atoms with Crippen molar-refractivity contribution >= 4 is 23.2 Å². The highest BCUT2D eigenvalue weighted by molar-refractivity contribution is 6.30. The van der Waals surface area contributed by atoms with Crippen LogP contribution >= 0.6 is 11.6 Å². The van der Waals surface area contributed by atoms with Crippen LogP contribution in [0.15, 0.2) is 24.3 Å². The van der Waals surface area contributed by atoms with E-state index in [0.717, 1.165) is 24.2 Å². The summed E-state index contributed by atoms with van der Waals surface area (Å²) in [5.74, 6) is 0.938. The van der Waals surface area contributed by atoms with Crippen molar-refractivity contribution in [2.24, 2.45) is 5.92 Å². The lowest BCUT2D eigenvalue weighted by Crippen LogP contribution is -2.38. The Labute approximate surface area is 131 Å². The molecule has 114 valence electrons. The number of hydrogen-bond acceptors (Lipinski definition) is 2. The lowest BCUT2D eigenvalue weighted by molar-refractivity contribution is -0.116. The van der Waals surface area contributed by atoms with E-state index in [2.05, 4.69) is 17.1 Å². The molecule has 3 nitrogen and oxygen atoms in total. The van der Waals surface area contributed by atoms with Crippen LogP contribution in [0.25, 0.3) is 0 Å². The molecule has 2 saturated carbocycles. The zero-order valence-electron chi connectivity index (χ0n) is 12.5. The number of carbonyl (C=O) groups is 1. The van der Waals surface area contributed by atoms with Crippen LogP contribution < -0.4 is 5.32 Å². The van der Waals surface area contributed by atoms with Gasteiger partial charge in [0.15, 0.2) is 0 Å². The first-order valence-electron chi connectivity index (χ1n) is 7.94. The van der Waals surface area contributed by atoms with Gasteiger partial charge in [0.25, 0.3) is 0 Å². The Morgan fingerprint density at radius 2 is 2.14 bits per heavy atom. The van der Waals surface area contributed by atoms with Gasteiger partial charge in [0.05, 0.1) is 0 Å². The topological polar surface area (TPSA) is 32.3 Å². The van der Waals surface area contributed by atoms with Crippen molar-refractivity contribution in [2.45, 2.75) is 51.1 Å². The summed E-state index contributed by atoms with van der Waals surface area (Å²) < 4.78 is 0. The van der Waals surface area contributed by atoms with Crippen LogP contribution in [0.5, 0.6) is 0 Å². The van der Waals surface area contributed by atoms with Crippen molar-refractivity contribution < 1.29 is 4.79 Å². The molecule has 1 aromatic rings. The molecule has 2 aliphatic carbocycles. The van der Waals surface area contributed by atoms with Crippen LogP contribution in [0.4, 0.5) is 5.69 Å². The zero-order chi connectivity index (χ0) is 14.8. The number of benzene rings is 1. The van der Waals surface area contributed by atoms with Gasteiger partial charge >= 0.3 is 0 Å². The van der Waals surface area contributed by atoms with E-state index in [0.29, 0.717) is 17.5 Å². The molecule has 1 unspecified atom stereocenters. The predicted molar refractivity (Wildman–Crippen MR) is 86.6 cm³/mol. The fourth-order valence-electron chi connectivity index (χ4n) is 2.99. The molecule has 2 fully saturated rings. The van der Waals surface area contributed by atoms with Gasteiger partial charge in [-0.2, -0.15) is 0 Å². The lowest BCUT2D eigenvalue weighted by Gasteiger charge is -2.29. The van der Waals surface area contributed by atoms with Crippen molar-refractivity contribution in [1.82, 2.24) is 4.90 Å². The first kappa shape index (κ1) is 14.9. The Morgan fingerprint density at radius 1 is 1.38 bits per heavy atom. The summed E-state index contributed by atoms with van der Waals surface area (Å²) in [5.41, 5.74) is 0.778. The van der Waals surface area contributed by atoms with E-state index in [4.69, 9.17) is 11.6 Å². The highest BCUT2D eigenvalue weighted by Crippen LogP contribution is 2.39. The Bertz CT molecular complexity index is 511.